The van der Waals surface area contributed by atoms with Crippen LogP contribution in [0.4, 0.5) is 11.4 Å². The molecular weight excluding hydrogens is 434 g/mol. The van der Waals surface area contributed by atoms with Crippen LogP contribution in [-0.4, -0.2) is 38.4 Å². The molecule has 2 aromatic heterocycles. The van der Waals surface area contributed by atoms with Gasteiger partial charge >= 0.3 is 5.97 Å². The van der Waals surface area contributed by atoms with Crippen molar-refractivity contribution in [3.63, 3.8) is 0 Å². The van der Waals surface area contributed by atoms with Gasteiger partial charge in [0, 0.05) is 22.5 Å². The van der Waals surface area contributed by atoms with Gasteiger partial charge < -0.3 is 10.1 Å². The van der Waals surface area contributed by atoms with Crippen molar-refractivity contribution >= 4 is 44.7 Å². The lowest BCUT2D eigenvalue weighted by atomic mass is 10.2. The Morgan fingerprint density at radius 3 is 2.78 bits per heavy atom. The van der Waals surface area contributed by atoms with Crippen LogP contribution in [0.5, 0.6) is 0 Å². The number of thiophene rings is 1. The Kier molecular flexibility index (Phi) is 5.65. The third-order valence-electron chi connectivity index (χ3n) is 4.65. The molecule has 4 aromatic rings. The minimum Gasteiger partial charge on any atom is -0.462 e. The molecule has 162 valence electrons. The van der Waals surface area contributed by atoms with E-state index in [1.165, 1.54) is 34.2 Å². The van der Waals surface area contributed by atoms with E-state index in [-0.39, 0.29) is 17.4 Å². The molecule has 0 saturated heterocycles. The predicted octanol–water partition coefficient (Wildman–Crippen LogP) is 4.13. The number of nitro benzene ring substituents is 1. The summed E-state index contributed by atoms with van der Waals surface area (Å²) in [7, 11) is 0. The molecule has 0 unspecified atom stereocenters. The zero-order valence-electron chi connectivity index (χ0n) is 17.1. The average molecular weight is 451 g/mol. The van der Waals surface area contributed by atoms with Crippen molar-refractivity contribution in [1.82, 2.24) is 15.0 Å². The fourth-order valence-corrected chi connectivity index (χ4v) is 4.07. The Hall–Kier alpha value is -4.12. The highest BCUT2D eigenvalue weighted by Crippen LogP contribution is 2.29. The van der Waals surface area contributed by atoms with Crippen LogP contribution >= 0.6 is 11.3 Å². The molecule has 0 aliphatic carbocycles. The van der Waals surface area contributed by atoms with Crippen molar-refractivity contribution in [3.8, 4) is 5.69 Å². The van der Waals surface area contributed by atoms with Gasteiger partial charge in [-0.05, 0) is 49.6 Å². The lowest BCUT2D eigenvalue weighted by molar-refractivity contribution is -0.384. The van der Waals surface area contributed by atoms with Gasteiger partial charge in [0.15, 0.2) is 5.69 Å². The minimum absolute atomic E-state index is 0.0883. The maximum absolute atomic E-state index is 12.8. The van der Waals surface area contributed by atoms with Crippen molar-refractivity contribution in [2.45, 2.75) is 13.8 Å². The summed E-state index contributed by atoms with van der Waals surface area (Å²) in [4.78, 5) is 35.7. The van der Waals surface area contributed by atoms with E-state index in [0.29, 0.717) is 28.6 Å². The number of non-ortho nitro benzene ring substituents is 1. The van der Waals surface area contributed by atoms with Crippen molar-refractivity contribution < 1.29 is 19.2 Å². The molecule has 0 spiro atoms. The van der Waals surface area contributed by atoms with Crippen LogP contribution in [0.3, 0.4) is 0 Å². The molecule has 1 N–H and O–H groups in total. The summed E-state index contributed by atoms with van der Waals surface area (Å²) in [5.41, 5.74) is 1.39. The van der Waals surface area contributed by atoms with Crippen LogP contribution in [0.15, 0.2) is 48.5 Å². The highest BCUT2D eigenvalue weighted by atomic mass is 32.1. The van der Waals surface area contributed by atoms with E-state index < -0.39 is 10.8 Å². The predicted molar refractivity (Wildman–Crippen MR) is 118 cm³/mol. The minimum atomic E-state index is -0.503. The fourth-order valence-electron chi connectivity index (χ4n) is 3.14. The number of amides is 1. The largest absolute Gasteiger partial charge is 0.462 e. The molecule has 0 aliphatic heterocycles. The molecule has 2 heterocycles. The quantitative estimate of drug-likeness (QED) is 0.265. The van der Waals surface area contributed by atoms with Gasteiger partial charge in [0.1, 0.15) is 4.88 Å². The van der Waals surface area contributed by atoms with Gasteiger partial charge in [0.05, 0.1) is 22.9 Å². The van der Waals surface area contributed by atoms with Crippen molar-refractivity contribution in [1.29, 1.82) is 0 Å². The number of nitrogens with zero attached hydrogens (tertiary/aromatic N) is 4. The first kappa shape index (κ1) is 21.1. The zero-order valence-corrected chi connectivity index (χ0v) is 17.9. The smallest absolute Gasteiger partial charge is 0.348 e. The molecule has 1 amide bonds. The molecule has 0 aliphatic rings. The molecule has 4 rings (SSSR count). The number of nitrogens with one attached hydrogen (secondary N) is 1. The number of fused-ring (bicyclic) bond motifs is 1. The van der Waals surface area contributed by atoms with Crippen LogP contribution in [0, 0.1) is 17.0 Å². The summed E-state index contributed by atoms with van der Waals surface area (Å²) in [6.07, 6.45) is 0. The van der Waals surface area contributed by atoms with Gasteiger partial charge in [-0.25, -0.2) is 9.48 Å². The molecular formula is C21H17N5O5S. The Labute approximate surface area is 185 Å². The number of anilines is 1. The summed E-state index contributed by atoms with van der Waals surface area (Å²) in [5, 5.41) is 22.5. The number of aromatic nitrogens is 3. The Morgan fingerprint density at radius 2 is 2.03 bits per heavy atom. The van der Waals surface area contributed by atoms with E-state index in [1.807, 2.05) is 6.07 Å². The Morgan fingerprint density at radius 1 is 1.22 bits per heavy atom. The van der Waals surface area contributed by atoms with Gasteiger partial charge in [0.2, 0.25) is 0 Å². The third kappa shape index (κ3) is 4.05. The van der Waals surface area contributed by atoms with Crippen LogP contribution in [-0.2, 0) is 4.74 Å². The molecule has 0 radical (unpaired) electrons. The fraction of sp³-hybridized carbons (Fsp3) is 0.143. The number of rotatable bonds is 6. The van der Waals surface area contributed by atoms with Gasteiger partial charge in [-0.2, -0.15) is 0 Å². The topological polar surface area (TPSA) is 129 Å². The van der Waals surface area contributed by atoms with E-state index in [4.69, 9.17) is 4.74 Å². The molecule has 2 aromatic carbocycles. The van der Waals surface area contributed by atoms with Gasteiger partial charge in [-0.15, -0.1) is 16.4 Å². The van der Waals surface area contributed by atoms with Gasteiger partial charge in [-0.3, -0.25) is 14.9 Å². The molecule has 10 nitrogen and oxygen atoms in total. The number of hydrogen-bond donors (Lipinski definition) is 1. The number of ether oxygens (including phenoxy) is 1. The summed E-state index contributed by atoms with van der Waals surface area (Å²) >= 11 is 1.31. The van der Waals surface area contributed by atoms with Crippen molar-refractivity contribution in [3.05, 3.63) is 74.9 Å². The van der Waals surface area contributed by atoms with E-state index >= 15 is 0 Å². The van der Waals surface area contributed by atoms with Crippen LogP contribution in [0.2, 0.25) is 0 Å². The molecule has 11 heteroatoms. The molecule has 0 atom stereocenters. The van der Waals surface area contributed by atoms with Crippen LogP contribution < -0.4 is 5.32 Å². The average Bonchev–Trinajstić information content (AvgIpc) is 3.37. The number of hydrogen-bond acceptors (Lipinski definition) is 8. The second-order valence-corrected chi connectivity index (χ2v) is 7.83. The summed E-state index contributed by atoms with van der Waals surface area (Å²) in [6.45, 7) is 3.70. The highest BCUT2D eigenvalue weighted by Gasteiger charge is 2.19. The second-order valence-electron chi connectivity index (χ2n) is 6.75. The summed E-state index contributed by atoms with van der Waals surface area (Å²) in [6, 6.07) is 12.9. The van der Waals surface area contributed by atoms with E-state index in [9.17, 15) is 19.7 Å². The Bertz CT molecular complexity index is 1360. The number of benzene rings is 2. The first-order chi connectivity index (χ1) is 15.4. The standard InChI is InChI=1S/C21H17N5O5S/c1-3-31-21(28)18-10-13-9-14(7-8-17(13)32-18)22-20(27)19-12(2)25(24-23-19)15-5-4-6-16(11-15)26(29)30/h4-11H,3H2,1-2H3,(H,22,27). The van der Waals surface area contributed by atoms with Crippen molar-refractivity contribution in [2.24, 2.45) is 0 Å². The maximum Gasteiger partial charge on any atom is 0.348 e. The number of carbonyl (C=O) groups is 2. The SMILES string of the molecule is CCOC(=O)c1cc2cc(NC(=O)c3nnn(-c4cccc([N+](=O)[O-])c4)c3C)ccc2s1. The summed E-state index contributed by atoms with van der Waals surface area (Å²) < 4.78 is 7.29. The van der Waals surface area contributed by atoms with E-state index in [0.717, 1.165) is 10.1 Å². The highest BCUT2D eigenvalue weighted by molar-refractivity contribution is 7.20. The molecule has 0 saturated carbocycles. The number of nitro groups is 1. The Balaban J connectivity index is 1.57. The lowest BCUT2D eigenvalue weighted by Gasteiger charge is -2.05. The number of esters is 1. The normalized spacial score (nSPS) is 10.8. The third-order valence-corrected chi connectivity index (χ3v) is 5.74. The molecule has 0 bridgehead atoms. The van der Waals surface area contributed by atoms with E-state index in [2.05, 4.69) is 15.6 Å². The van der Waals surface area contributed by atoms with E-state index in [1.54, 1.807) is 38.1 Å². The first-order valence-electron chi connectivity index (χ1n) is 9.56. The van der Waals surface area contributed by atoms with Gasteiger partial charge in [-0.1, -0.05) is 11.3 Å². The van der Waals surface area contributed by atoms with Crippen LogP contribution in [0.1, 0.15) is 32.8 Å². The maximum atomic E-state index is 12.8. The molecule has 0 fully saturated rings. The lowest BCUT2D eigenvalue weighted by Crippen LogP contribution is -2.14. The molecule has 32 heavy (non-hydrogen) atoms. The van der Waals surface area contributed by atoms with Crippen molar-refractivity contribution in [2.75, 3.05) is 11.9 Å². The second kappa shape index (κ2) is 8.55. The monoisotopic (exact) mass is 451 g/mol. The van der Waals surface area contributed by atoms with Gasteiger partial charge in [0.25, 0.3) is 11.6 Å². The summed E-state index contributed by atoms with van der Waals surface area (Å²) in [5.74, 6) is -0.855. The zero-order chi connectivity index (χ0) is 22.8. The first-order valence-corrected chi connectivity index (χ1v) is 10.4. The number of carbonyl (C=O) groups excluding carboxylic acids is 2. The van der Waals surface area contributed by atoms with Crippen LogP contribution in [0.25, 0.3) is 15.8 Å².